The fourth-order valence-electron chi connectivity index (χ4n) is 1.78. The van der Waals surface area contributed by atoms with Crippen molar-refractivity contribution < 1.29 is 18.7 Å². The Balaban J connectivity index is 1.94. The lowest BCUT2D eigenvalue weighted by molar-refractivity contribution is 0.0595. The Bertz CT molecular complexity index is 582. The molecule has 3 nitrogen and oxygen atoms in total. The Hall–Kier alpha value is -2.20. The van der Waals surface area contributed by atoms with Crippen LogP contribution in [0.15, 0.2) is 48.5 Å². The zero-order valence-electron chi connectivity index (χ0n) is 11.1. The van der Waals surface area contributed by atoms with Gasteiger partial charge in [-0.05, 0) is 23.3 Å². The summed E-state index contributed by atoms with van der Waals surface area (Å²) in [5.41, 5.74) is 1.66. The molecule has 0 aliphatic heterocycles. The highest BCUT2D eigenvalue weighted by Gasteiger charge is 2.12. The fraction of sp³-hybridized carbons (Fsp3) is 0.188. The summed E-state index contributed by atoms with van der Waals surface area (Å²) >= 11 is 0. The molecular formula is C16H15FO3. The Kier molecular flexibility index (Phi) is 4.85. The molecule has 0 atom stereocenters. The van der Waals surface area contributed by atoms with Crippen LogP contribution in [0.25, 0.3) is 0 Å². The molecule has 0 amide bonds. The molecule has 0 unspecified atom stereocenters. The van der Waals surface area contributed by atoms with E-state index in [1.165, 1.54) is 19.2 Å². The molecule has 0 saturated heterocycles. The lowest BCUT2D eigenvalue weighted by Crippen LogP contribution is -2.05. The van der Waals surface area contributed by atoms with Crippen LogP contribution in [-0.2, 0) is 22.7 Å². The predicted molar refractivity (Wildman–Crippen MR) is 72.7 cm³/mol. The molecule has 0 saturated carbocycles. The molecule has 2 aromatic carbocycles. The van der Waals surface area contributed by atoms with Crippen LogP contribution < -0.4 is 0 Å². The van der Waals surface area contributed by atoms with Crippen molar-refractivity contribution in [1.82, 2.24) is 0 Å². The summed E-state index contributed by atoms with van der Waals surface area (Å²) in [7, 11) is 1.22. The van der Waals surface area contributed by atoms with E-state index in [0.717, 1.165) is 5.56 Å². The van der Waals surface area contributed by atoms with E-state index in [0.29, 0.717) is 12.2 Å². The van der Waals surface area contributed by atoms with Gasteiger partial charge in [-0.15, -0.1) is 0 Å². The summed E-state index contributed by atoms with van der Waals surface area (Å²) in [5.74, 6) is -1.28. The van der Waals surface area contributed by atoms with E-state index in [1.54, 1.807) is 6.07 Å². The number of methoxy groups -OCH3 is 1. The van der Waals surface area contributed by atoms with Crippen LogP contribution in [0.4, 0.5) is 4.39 Å². The minimum Gasteiger partial charge on any atom is -0.465 e. The maximum Gasteiger partial charge on any atom is 0.340 e. The van der Waals surface area contributed by atoms with Crippen LogP contribution in [0.2, 0.25) is 0 Å². The lowest BCUT2D eigenvalue weighted by atomic mass is 10.1. The maximum atomic E-state index is 13.7. The van der Waals surface area contributed by atoms with Crippen molar-refractivity contribution in [2.24, 2.45) is 0 Å². The molecule has 0 heterocycles. The van der Waals surface area contributed by atoms with Gasteiger partial charge in [-0.1, -0.05) is 36.4 Å². The van der Waals surface area contributed by atoms with Gasteiger partial charge in [-0.3, -0.25) is 0 Å². The molecule has 0 bridgehead atoms. The summed E-state index contributed by atoms with van der Waals surface area (Å²) < 4.78 is 23.7. The van der Waals surface area contributed by atoms with Gasteiger partial charge in [0.25, 0.3) is 0 Å². The first-order chi connectivity index (χ1) is 9.70. The van der Waals surface area contributed by atoms with Crippen LogP contribution in [0.1, 0.15) is 21.5 Å². The SMILES string of the molecule is COC(=O)c1ccc(COCc2ccccc2)cc1F. The number of hydrogen-bond donors (Lipinski definition) is 0. The second kappa shape index (κ2) is 6.82. The van der Waals surface area contributed by atoms with Gasteiger partial charge in [0, 0.05) is 0 Å². The normalized spacial score (nSPS) is 10.3. The smallest absolute Gasteiger partial charge is 0.340 e. The zero-order valence-corrected chi connectivity index (χ0v) is 11.1. The molecule has 4 heteroatoms. The van der Waals surface area contributed by atoms with Crippen molar-refractivity contribution in [2.75, 3.05) is 7.11 Å². The standard InChI is InChI=1S/C16H15FO3/c1-19-16(18)14-8-7-13(9-15(14)17)11-20-10-12-5-3-2-4-6-12/h2-9H,10-11H2,1H3. The molecule has 2 aromatic rings. The number of rotatable bonds is 5. The fourth-order valence-corrected chi connectivity index (χ4v) is 1.78. The van der Waals surface area contributed by atoms with Crippen molar-refractivity contribution in [3.8, 4) is 0 Å². The van der Waals surface area contributed by atoms with Gasteiger partial charge in [0.2, 0.25) is 0 Å². The molecule has 0 N–H and O–H groups in total. The predicted octanol–water partition coefficient (Wildman–Crippen LogP) is 3.33. The number of halogens is 1. The van der Waals surface area contributed by atoms with Gasteiger partial charge in [-0.2, -0.15) is 0 Å². The molecular weight excluding hydrogens is 259 g/mol. The summed E-state index contributed by atoms with van der Waals surface area (Å²) in [6.45, 7) is 0.745. The van der Waals surface area contributed by atoms with Crippen molar-refractivity contribution in [3.05, 3.63) is 71.0 Å². The lowest BCUT2D eigenvalue weighted by Gasteiger charge is -2.06. The molecule has 0 aliphatic rings. The molecule has 104 valence electrons. The van der Waals surface area contributed by atoms with E-state index in [9.17, 15) is 9.18 Å². The summed E-state index contributed by atoms with van der Waals surface area (Å²) in [5, 5.41) is 0. The van der Waals surface area contributed by atoms with Crippen LogP contribution in [0, 0.1) is 5.82 Å². The molecule has 2 rings (SSSR count). The maximum absolute atomic E-state index is 13.7. The summed E-state index contributed by atoms with van der Waals surface area (Å²) in [6.07, 6.45) is 0. The minimum absolute atomic E-state index is 0.0701. The van der Waals surface area contributed by atoms with Gasteiger partial charge < -0.3 is 9.47 Å². The molecule has 0 radical (unpaired) electrons. The van der Waals surface area contributed by atoms with Gasteiger partial charge in [0.1, 0.15) is 5.82 Å². The third-order valence-corrected chi connectivity index (χ3v) is 2.82. The molecule has 0 fully saturated rings. The minimum atomic E-state index is -0.681. The molecule has 0 aromatic heterocycles. The number of carbonyl (C=O) groups excluding carboxylic acids is 1. The van der Waals surface area contributed by atoms with Gasteiger partial charge in [0.05, 0.1) is 25.9 Å². The van der Waals surface area contributed by atoms with Gasteiger partial charge >= 0.3 is 5.97 Å². The van der Waals surface area contributed by atoms with E-state index >= 15 is 0 Å². The van der Waals surface area contributed by atoms with Crippen LogP contribution in [0.5, 0.6) is 0 Å². The number of hydrogen-bond acceptors (Lipinski definition) is 3. The van der Waals surface area contributed by atoms with E-state index in [2.05, 4.69) is 4.74 Å². The third kappa shape index (κ3) is 3.65. The monoisotopic (exact) mass is 274 g/mol. The largest absolute Gasteiger partial charge is 0.465 e. The topological polar surface area (TPSA) is 35.5 Å². The first kappa shape index (κ1) is 14.2. The Morgan fingerprint density at radius 3 is 2.40 bits per heavy atom. The van der Waals surface area contributed by atoms with Crippen molar-refractivity contribution in [3.63, 3.8) is 0 Å². The third-order valence-electron chi connectivity index (χ3n) is 2.82. The first-order valence-electron chi connectivity index (χ1n) is 6.19. The van der Waals surface area contributed by atoms with E-state index < -0.39 is 11.8 Å². The number of benzene rings is 2. The highest BCUT2D eigenvalue weighted by atomic mass is 19.1. The Morgan fingerprint density at radius 1 is 1.05 bits per heavy atom. The molecule has 20 heavy (non-hydrogen) atoms. The molecule has 0 aliphatic carbocycles. The van der Waals surface area contributed by atoms with E-state index in [4.69, 9.17) is 4.74 Å². The van der Waals surface area contributed by atoms with E-state index in [1.807, 2.05) is 30.3 Å². The number of carbonyl (C=O) groups is 1. The molecule has 0 spiro atoms. The van der Waals surface area contributed by atoms with E-state index in [-0.39, 0.29) is 12.2 Å². The first-order valence-corrected chi connectivity index (χ1v) is 6.19. The van der Waals surface area contributed by atoms with Crippen LogP contribution in [0.3, 0.4) is 0 Å². The zero-order chi connectivity index (χ0) is 14.4. The second-order valence-electron chi connectivity index (χ2n) is 4.28. The van der Waals surface area contributed by atoms with Crippen molar-refractivity contribution >= 4 is 5.97 Å². The van der Waals surface area contributed by atoms with Crippen LogP contribution in [-0.4, -0.2) is 13.1 Å². The summed E-state index contributed by atoms with van der Waals surface area (Å²) in [4.78, 5) is 11.3. The average Bonchev–Trinajstić information content (AvgIpc) is 2.48. The second-order valence-corrected chi connectivity index (χ2v) is 4.28. The van der Waals surface area contributed by atoms with Crippen molar-refractivity contribution in [2.45, 2.75) is 13.2 Å². The highest BCUT2D eigenvalue weighted by molar-refractivity contribution is 5.89. The Labute approximate surface area is 117 Å². The van der Waals surface area contributed by atoms with Gasteiger partial charge in [0.15, 0.2) is 0 Å². The quantitative estimate of drug-likeness (QED) is 0.784. The van der Waals surface area contributed by atoms with Gasteiger partial charge in [-0.25, -0.2) is 9.18 Å². The number of esters is 1. The van der Waals surface area contributed by atoms with Crippen molar-refractivity contribution in [1.29, 1.82) is 0 Å². The number of ether oxygens (including phenoxy) is 2. The average molecular weight is 274 g/mol. The van der Waals surface area contributed by atoms with Crippen LogP contribution >= 0.6 is 0 Å². The highest BCUT2D eigenvalue weighted by Crippen LogP contribution is 2.13. The Morgan fingerprint density at radius 2 is 1.75 bits per heavy atom. The summed E-state index contributed by atoms with van der Waals surface area (Å²) in [6, 6.07) is 14.1.